The van der Waals surface area contributed by atoms with E-state index in [0.717, 1.165) is 27.0 Å². The fourth-order valence-corrected chi connectivity index (χ4v) is 3.12. The first-order valence-corrected chi connectivity index (χ1v) is 7.82. The number of aromatic nitrogens is 1. The summed E-state index contributed by atoms with van der Waals surface area (Å²) in [6.07, 6.45) is 1.87. The van der Waals surface area contributed by atoms with E-state index < -0.39 is 0 Å². The standard InChI is InChI=1S/C18H16N2OS/c1-18(2,3)21-15-9-8-14-11-20-22-17(14)16(15)13-6-4-12(10-19)5-7-13/h4-9,11H,1-3H3. The summed E-state index contributed by atoms with van der Waals surface area (Å²) in [5.41, 5.74) is 2.45. The third-order valence-corrected chi connectivity index (χ3v) is 4.04. The van der Waals surface area contributed by atoms with Crippen molar-refractivity contribution in [1.82, 2.24) is 4.37 Å². The molecule has 1 heterocycles. The Hall–Kier alpha value is -2.38. The lowest BCUT2D eigenvalue weighted by molar-refractivity contribution is 0.132. The Bertz CT molecular complexity index is 851. The number of rotatable bonds is 2. The molecular formula is C18H16N2OS. The number of benzene rings is 2. The Kier molecular flexibility index (Phi) is 3.59. The van der Waals surface area contributed by atoms with Crippen molar-refractivity contribution in [2.24, 2.45) is 0 Å². The Morgan fingerprint density at radius 1 is 1.09 bits per heavy atom. The lowest BCUT2D eigenvalue weighted by Gasteiger charge is -2.23. The Balaban J connectivity index is 2.21. The summed E-state index contributed by atoms with van der Waals surface area (Å²) < 4.78 is 11.5. The van der Waals surface area contributed by atoms with Crippen LogP contribution in [-0.2, 0) is 0 Å². The number of fused-ring (bicyclic) bond motifs is 1. The molecule has 3 rings (SSSR count). The van der Waals surface area contributed by atoms with Gasteiger partial charge in [-0.1, -0.05) is 12.1 Å². The minimum absolute atomic E-state index is 0.278. The highest BCUT2D eigenvalue weighted by Gasteiger charge is 2.18. The van der Waals surface area contributed by atoms with Crippen LogP contribution in [0.3, 0.4) is 0 Å². The summed E-state index contributed by atoms with van der Waals surface area (Å²) in [6.45, 7) is 6.10. The van der Waals surface area contributed by atoms with Crippen LogP contribution in [0.4, 0.5) is 0 Å². The van der Waals surface area contributed by atoms with Gasteiger partial charge in [0, 0.05) is 17.1 Å². The highest BCUT2D eigenvalue weighted by atomic mass is 32.1. The summed E-state index contributed by atoms with van der Waals surface area (Å²) in [5.74, 6) is 0.842. The smallest absolute Gasteiger partial charge is 0.129 e. The maximum absolute atomic E-state index is 8.96. The van der Waals surface area contributed by atoms with Crippen molar-refractivity contribution in [2.45, 2.75) is 26.4 Å². The van der Waals surface area contributed by atoms with Gasteiger partial charge in [-0.15, -0.1) is 0 Å². The number of hydrogen-bond donors (Lipinski definition) is 0. The summed E-state index contributed by atoms with van der Waals surface area (Å²) in [7, 11) is 0. The quantitative estimate of drug-likeness (QED) is 0.668. The number of nitrogens with zero attached hydrogens (tertiary/aromatic N) is 2. The molecule has 22 heavy (non-hydrogen) atoms. The Morgan fingerprint density at radius 3 is 2.45 bits per heavy atom. The molecule has 4 heteroatoms. The van der Waals surface area contributed by atoms with E-state index in [-0.39, 0.29) is 5.60 Å². The van der Waals surface area contributed by atoms with Gasteiger partial charge in [-0.3, -0.25) is 0 Å². The molecular weight excluding hydrogens is 292 g/mol. The summed E-state index contributed by atoms with van der Waals surface area (Å²) in [5, 5.41) is 10.1. The number of hydrogen-bond acceptors (Lipinski definition) is 4. The van der Waals surface area contributed by atoms with Gasteiger partial charge in [0.1, 0.15) is 11.4 Å². The van der Waals surface area contributed by atoms with Gasteiger partial charge in [-0.2, -0.15) is 9.64 Å². The fraction of sp³-hybridized carbons (Fsp3) is 0.222. The lowest BCUT2D eigenvalue weighted by Crippen LogP contribution is -2.23. The van der Waals surface area contributed by atoms with Crippen LogP contribution >= 0.6 is 11.5 Å². The van der Waals surface area contributed by atoms with Crippen LogP contribution < -0.4 is 4.74 Å². The maximum atomic E-state index is 8.96. The van der Waals surface area contributed by atoms with Crippen LogP contribution in [0.25, 0.3) is 21.2 Å². The average Bonchev–Trinajstić information content (AvgIpc) is 2.94. The van der Waals surface area contributed by atoms with E-state index in [0.29, 0.717) is 5.56 Å². The van der Waals surface area contributed by atoms with Crippen LogP contribution in [0.15, 0.2) is 42.6 Å². The first-order valence-electron chi connectivity index (χ1n) is 7.05. The van der Waals surface area contributed by atoms with Crippen LogP contribution in [-0.4, -0.2) is 9.97 Å². The van der Waals surface area contributed by atoms with E-state index in [9.17, 15) is 0 Å². The van der Waals surface area contributed by atoms with Crippen molar-refractivity contribution in [3.63, 3.8) is 0 Å². The molecule has 3 nitrogen and oxygen atoms in total. The molecule has 0 spiro atoms. The van der Waals surface area contributed by atoms with Gasteiger partial charge in [0.25, 0.3) is 0 Å². The molecule has 0 saturated heterocycles. The second-order valence-electron chi connectivity index (χ2n) is 6.09. The molecule has 0 saturated carbocycles. The van der Waals surface area contributed by atoms with E-state index in [1.165, 1.54) is 11.5 Å². The third-order valence-electron chi connectivity index (χ3n) is 3.20. The molecule has 0 amide bonds. The molecule has 0 atom stereocenters. The molecule has 0 aliphatic carbocycles. The SMILES string of the molecule is CC(C)(C)Oc1ccc2cnsc2c1-c1ccc(C#N)cc1. The third kappa shape index (κ3) is 2.81. The van der Waals surface area contributed by atoms with Gasteiger partial charge in [0.15, 0.2) is 0 Å². The average molecular weight is 308 g/mol. The van der Waals surface area contributed by atoms with Crippen molar-refractivity contribution in [1.29, 1.82) is 5.26 Å². The zero-order valence-corrected chi connectivity index (χ0v) is 13.6. The predicted octanol–water partition coefficient (Wildman–Crippen LogP) is 5.01. The fourth-order valence-electron chi connectivity index (χ4n) is 2.32. The molecule has 0 radical (unpaired) electrons. The first kappa shape index (κ1) is 14.6. The van der Waals surface area contributed by atoms with E-state index in [4.69, 9.17) is 10.00 Å². The minimum Gasteiger partial charge on any atom is -0.487 e. The zero-order chi connectivity index (χ0) is 15.7. The van der Waals surface area contributed by atoms with Gasteiger partial charge in [-0.25, -0.2) is 0 Å². The highest BCUT2D eigenvalue weighted by molar-refractivity contribution is 7.14. The van der Waals surface area contributed by atoms with Crippen molar-refractivity contribution < 1.29 is 4.74 Å². The summed E-state index contributed by atoms with van der Waals surface area (Å²) in [6, 6.07) is 13.8. The van der Waals surface area contributed by atoms with Gasteiger partial charge in [0.05, 0.1) is 16.3 Å². The largest absolute Gasteiger partial charge is 0.487 e. The first-order chi connectivity index (χ1) is 10.5. The maximum Gasteiger partial charge on any atom is 0.129 e. The topological polar surface area (TPSA) is 45.9 Å². The lowest BCUT2D eigenvalue weighted by atomic mass is 10.0. The Morgan fingerprint density at radius 2 is 1.82 bits per heavy atom. The van der Waals surface area contributed by atoms with Crippen molar-refractivity contribution >= 4 is 21.6 Å². The highest BCUT2D eigenvalue weighted by Crippen LogP contribution is 2.40. The van der Waals surface area contributed by atoms with Crippen molar-refractivity contribution in [3.8, 4) is 22.9 Å². The zero-order valence-electron chi connectivity index (χ0n) is 12.8. The van der Waals surface area contributed by atoms with Gasteiger partial charge < -0.3 is 4.74 Å². The van der Waals surface area contributed by atoms with Crippen molar-refractivity contribution in [3.05, 3.63) is 48.2 Å². The molecule has 3 aromatic rings. The molecule has 110 valence electrons. The summed E-state index contributed by atoms with van der Waals surface area (Å²) in [4.78, 5) is 0. The van der Waals surface area contributed by atoms with E-state index in [1.54, 1.807) is 0 Å². The molecule has 0 unspecified atom stereocenters. The molecule has 0 bridgehead atoms. The second kappa shape index (κ2) is 5.43. The van der Waals surface area contributed by atoms with Gasteiger partial charge in [0.2, 0.25) is 0 Å². The van der Waals surface area contributed by atoms with E-state index >= 15 is 0 Å². The number of ether oxygens (including phenoxy) is 1. The van der Waals surface area contributed by atoms with Gasteiger partial charge in [-0.05, 0) is 62.1 Å². The molecule has 0 aliphatic heterocycles. The second-order valence-corrected chi connectivity index (χ2v) is 6.89. The van der Waals surface area contributed by atoms with E-state index in [2.05, 4.69) is 10.4 Å². The molecule has 2 aromatic carbocycles. The van der Waals surface area contributed by atoms with E-state index in [1.807, 2.05) is 63.4 Å². The van der Waals surface area contributed by atoms with Crippen LogP contribution in [0.1, 0.15) is 26.3 Å². The van der Waals surface area contributed by atoms with Gasteiger partial charge >= 0.3 is 0 Å². The Labute approximate surface area is 134 Å². The molecule has 0 aliphatic rings. The van der Waals surface area contributed by atoms with Crippen LogP contribution in [0, 0.1) is 11.3 Å². The minimum atomic E-state index is -0.278. The molecule has 0 fully saturated rings. The molecule has 0 N–H and O–H groups in total. The normalized spacial score (nSPS) is 11.4. The monoisotopic (exact) mass is 308 g/mol. The molecule has 1 aromatic heterocycles. The number of nitriles is 1. The van der Waals surface area contributed by atoms with Crippen molar-refractivity contribution in [2.75, 3.05) is 0 Å². The predicted molar refractivity (Wildman–Crippen MR) is 90.2 cm³/mol. The summed E-state index contributed by atoms with van der Waals surface area (Å²) >= 11 is 1.46. The van der Waals surface area contributed by atoms with Crippen LogP contribution in [0.2, 0.25) is 0 Å². The van der Waals surface area contributed by atoms with Crippen LogP contribution in [0.5, 0.6) is 5.75 Å².